The third kappa shape index (κ3) is 3.41. The molecule has 1 aromatic rings. The van der Waals surface area contributed by atoms with Gasteiger partial charge >= 0.3 is 0 Å². The van der Waals surface area contributed by atoms with Crippen LogP contribution >= 0.6 is 0 Å². The summed E-state index contributed by atoms with van der Waals surface area (Å²) in [6.45, 7) is 5.11. The fourth-order valence-electron chi connectivity index (χ4n) is 3.46. The summed E-state index contributed by atoms with van der Waals surface area (Å²) in [7, 11) is 0. The number of ether oxygens (including phenoxy) is 2. The lowest BCUT2D eigenvalue weighted by Gasteiger charge is -2.40. The Morgan fingerprint density at radius 2 is 1.86 bits per heavy atom. The van der Waals surface area contributed by atoms with E-state index in [9.17, 15) is 5.11 Å². The molecule has 3 heteroatoms. The van der Waals surface area contributed by atoms with Crippen LogP contribution in [0.25, 0.3) is 0 Å². The van der Waals surface area contributed by atoms with Crippen LogP contribution in [0.2, 0.25) is 0 Å². The Morgan fingerprint density at radius 3 is 2.57 bits per heavy atom. The standard InChI is InChI=1S/C18H26O3/c1-17(2)9-11-18(12-10-17)8-7-16(21-18)20-13-14-5-3-4-6-15(14)19/h3-6,16,19H,7-13H2,1-2H3. The van der Waals surface area contributed by atoms with E-state index in [2.05, 4.69) is 13.8 Å². The number of phenols is 1. The van der Waals surface area contributed by atoms with Crippen molar-refractivity contribution in [2.45, 2.75) is 70.9 Å². The first-order chi connectivity index (χ1) is 9.98. The summed E-state index contributed by atoms with van der Waals surface area (Å²) in [6, 6.07) is 7.32. The highest BCUT2D eigenvalue weighted by molar-refractivity contribution is 5.30. The topological polar surface area (TPSA) is 38.7 Å². The minimum atomic E-state index is -0.120. The van der Waals surface area contributed by atoms with E-state index in [-0.39, 0.29) is 11.9 Å². The van der Waals surface area contributed by atoms with Crippen LogP contribution in [0.5, 0.6) is 5.75 Å². The van der Waals surface area contributed by atoms with Crippen LogP contribution in [0, 0.1) is 5.41 Å². The molecule has 0 radical (unpaired) electrons. The number of para-hydroxylation sites is 1. The van der Waals surface area contributed by atoms with Gasteiger partial charge in [-0.3, -0.25) is 0 Å². The zero-order chi connectivity index (χ0) is 14.9. The van der Waals surface area contributed by atoms with Crippen molar-refractivity contribution >= 4 is 0 Å². The van der Waals surface area contributed by atoms with Crippen molar-refractivity contribution in [2.75, 3.05) is 0 Å². The SMILES string of the molecule is CC1(C)CCC2(CCC(OCc3ccccc3O)O2)CC1. The maximum Gasteiger partial charge on any atom is 0.158 e. The van der Waals surface area contributed by atoms with E-state index in [0.717, 1.165) is 31.2 Å². The molecule has 1 saturated heterocycles. The van der Waals surface area contributed by atoms with Gasteiger partial charge in [-0.2, -0.15) is 0 Å². The van der Waals surface area contributed by atoms with Crippen molar-refractivity contribution in [3.05, 3.63) is 29.8 Å². The molecular formula is C18H26O3. The number of hydrogen-bond donors (Lipinski definition) is 1. The molecule has 1 aromatic carbocycles. The first-order valence-electron chi connectivity index (χ1n) is 8.04. The summed E-state index contributed by atoms with van der Waals surface area (Å²) < 4.78 is 12.1. The second kappa shape index (κ2) is 5.62. The quantitative estimate of drug-likeness (QED) is 0.897. The molecule has 1 heterocycles. The number of benzene rings is 1. The van der Waals surface area contributed by atoms with E-state index in [1.54, 1.807) is 6.07 Å². The number of rotatable bonds is 3. The summed E-state index contributed by atoms with van der Waals surface area (Å²) in [5.74, 6) is 0.296. The molecule has 0 aromatic heterocycles. The summed E-state index contributed by atoms with van der Waals surface area (Å²) >= 11 is 0. The van der Waals surface area contributed by atoms with E-state index in [1.165, 1.54) is 12.8 Å². The average Bonchev–Trinajstić information content (AvgIpc) is 2.86. The van der Waals surface area contributed by atoms with Gasteiger partial charge in [0.05, 0.1) is 12.2 Å². The molecule has 3 rings (SSSR count). The predicted octanol–water partition coefficient (Wildman–Crippen LogP) is 4.38. The highest BCUT2D eigenvalue weighted by Gasteiger charge is 2.44. The van der Waals surface area contributed by atoms with Crippen molar-refractivity contribution < 1.29 is 14.6 Å². The van der Waals surface area contributed by atoms with E-state index >= 15 is 0 Å². The van der Waals surface area contributed by atoms with Gasteiger partial charge in [-0.15, -0.1) is 0 Å². The Bertz CT molecular complexity index is 485. The Hall–Kier alpha value is -1.06. The number of phenolic OH excluding ortho intramolecular Hbond substituents is 1. The van der Waals surface area contributed by atoms with Crippen LogP contribution in [-0.2, 0) is 16.1 Å². The molecule has 0 amide bonds. The average molecular weight is 290 g/mol. The lowest BCUT2D eigenvalue weighted by atomic mass is 9.70. The van der Waals surface area contributed by atoms with Gasteiger partial charge in [0.2, 0.25) is 0 Å². The van der Waals surface area contributed by atoms with Gasteiger partial charge in [-0.25, -0.2) is 0 Å². The second-order valence-corrected chi connectivity index (χ2v) is 7.37. The van der Waals surface area contributed by atoms with Crippen LogP contribution in [0.3, 0.4) is 0 Å². The molecule has 2 aliphatic rings. The molecule has 1 unspecified atom stereocenters. The largest absolute Gasteiger partial charge is 0.508 e. The van der Waals surface area contributed by atoms with Gasteiger partial charge in [-0.1, -0.05) is 32.0 Å². The minimum Gasteiger partial charge on any atom is -0.508 e. The Labute approximate surface area is 127 Å². The van der Waals surface area contributed by atoms with Gasteiger partial charge in [0.15, 0.2) is 6.29 Å². The van der Waals surface area contributed by atoms with E-state index in [0.29, 0.717) is 17.8 Å². The fourth-order valence-corrected chi connectivity index (χ4v) is 3.46. The number of aromatic hydroxyl groups is 1. The van der Waals surface area contributed by atoms with Gasteiger partial charge in [-0.05, 0) is 43.6 Å². The summed E-state index contributed by atoms with van der Waals surface area (Å²) in [5, 5.41) is 9.76. The monoisotopic (exact) mass is 290 g/mol. The van der Waals surface area contributed by atoms with Gasteiger partial charge < -0.3 is 14.6 Å². The van der Waals surface area contributed by atoms with Crippen LogP contribution < -0.4 is 0 Å². The first kappa shape index (κ1) is 14.9. The van der Waals surface area contributed by atoms with Crippen LogP contribution in [0.4, 0.5) is 0 Å². The third-order valence-corrected chi connectivity index (χ3v) is 5.15. The van der Waals surface area contributed by atoms with Crippen molar-refractivity contribution in [3.8, 4) is 5.75 Å². The van der Waals surface area contributed by atoms with Crippen LogP contribution in [-0.4, -0.2) is 17.0 Å². The molecule has 0 bridgehead atoms. The van der Waals surface area contributed by atoms with Crippen molar-refractivity contribution in [1.29, 1.82) is 0 Å². The highest BCUT2D eigenvalue weighted by atomic mass is 16.7. The van der Waals surface area contributed by atoms with E-state index in [4.69, 9.17) is 9.47 Å². The summed E-state index contributed by atoms with van der Waals surface area (Å²) in [4.78, 5) is 0. The molecular weight excluding hydrogens is 264 g/mol. The summed E-state index contributed by atoms with van der Waals surface area (Å²) in [5.41, 5.74) is 1.34. The Kier molecular flexibility index (Phi) is 3.98. The van der Waals surface area contributed by atoms with Crippen molar-refractivity contribution in [1.82, 2.24) is 0 Å². The lowest BCUT2D eigenvalue weighted by Crippen LogP contribution is -2.37. The van der Waals surface area contributed by atoms with Crippen LogP contribution in [0.15, 0.2) is 24.3 Å². The van der Waals surface area contributed by atoms with Gasteiger partial charge in [0.25, 0.3) is 0 Å². The number of hydrogen-bond acceptors (Lipinski definition) is 3. The molecule has 3 nitrogen and oxygen atoms in total. The van der Waals surface area contributed by atoms with Gasteiger partial charge in [0, 0.05) is 12.0 Å². The van der Waals surface area contributed by atoms with Crippen molar-refractivity contribution in [2.24, 2.45) is 5.41 Å². The zero-order valence-electron chi connectivity index (χ0n) is 13.1. The molecule has 1 N–H and O–H groups in total. The van der Waals surface area contributed by atoms with E-state index < -0.39 is 0 Å². The summed E-state index contributed by atoms with van der Waals surface area (Å²) in [6.07, 6.45) is 6.72. The molecule has 116 valence electrons. The normalized spacial score (nSPS) is 27.0. The molecule has 1 spiro atoms. The molecule has 1 aliphatic heterocycles. The van der Waals surface area contributed by atoms with Gasteiger partial charge in [0.1, 0.15) is 5.75 Å². The molecule has 1 atom stereocenters. The zero-order valence-corrected chi connectivity index (χ0v) is 13.1. The maximum atomic E-state index is 9.76. The Morgan fingerprint density at radius 1 is 1.14 bits per heavy atom. The van der Waals surface area contributed by atoms with Crippen LogP contribution in [0.1, 0.15) is 57.9 Å². The van der Waals surface area contributed by atoms with Crippen molar-refractivity contribution in [3.63, 3.8) is 0 Å². The smallest absolute Gasteiger partial charge is 0.158 e. The first-order valence-corrected chi connectivity index (χ1v) is 8.04. The lowest BCUT2D eigenvalue weighted by molar-refractivity contribution is -0.187. The Balaban J connectivity index is 1.52. The van der Waals surface area contributed by atoms with E-state index in [1.807, 2.05) is 18.2 Å². The molecule has 1 aliphatic carbocycles. The molecule has 21 heavy (non-hydrogen) atoms. The maximum absolute atomic E-state index is 9.76. The highest BCUT2D eigenvalue weighted by Crippen LogP contribution is 2.48. The second-order valence-electron chi connectivity index (χ2n) is 7.37. The minimum absolute atomic E-state index is 0.0545. The molecule has 1 saturated carbocycles. The molecule has 2 fully saturated rings. The fraction of sp³-hybridized carbons (Fsp3) is 0.667. The third-order valence-electron chi connectivity index (χ3n) is 5.15. The predicted molar refractivity (Wildman–Crippen MR) is 82.0 cm³/mol.